The molecule has 0 saturated carbocycles. The van der Waals surface area contributed by atoms with E-state index in [-0.39, 0.29) is 17.9 Å². The van der Waals surface area contributed by atoms with E-state index in [1.807, 2.05) is 18.2 Å². The lowest BCUT2D eigenvalue weighted by atomic mass is 9.85. The average molecular weight is 262 g/mol. The Labute approximate surface area is 114 Å². The summed E-state index contributed by atoms with van der Waals surface area (Å²) in [6, 6.07) is 7.52. The molecule has 0 aliphatic carbocycles. The Morgan fingerprint density at radius 3 is 2.68 bits per heavy atom. The molecule has 1 heterocycles. The highest BCUT2D eigenvalue weighted by molar-refractivity contribution is 5.98. The molecule has 1 aromatic rings. The van der Waals surface area contributed by atoms with Crippen LogP contribution in [0.1, 0.15) is 26.3 Å². The highest BCUT2D eigenvalue weighted by atomic mass is 16.3. The minimum Gasteiger partial charge on any atom is -0.394 e. The number of hydrogen-bond donors (Lipinski definition) is 2. The van der Waals surface area contributed by atoms with Crippen molar-refractivity contribution in [3.8, 4) is 0 Å². The number of carbonyl (C=O) groups excluding carboxylic acids is 1. The summed E-state index contributed by atoms with van der Waals surface area (Å²) in [5, 5.41) is 12.3. The lowest BCUT2D eigenvalue weighted by Crippen LogP contribution is -2.57. The van der Waals surface area contributed by atoms with Gasteiger partial charge in [-0.1, -0.05) is 39.0 Å². The quantitative estimate of drug-likeness (QED) is 0.844. The van der Waals surface area contributed by atoms with Crippen LogP contribution in [0.2, 0.25) is 0 Å². The third-order valence-electron chi connectivity index (χ3n) is 3.48. The Morgan fingerprint density at radius 2 is 2.05 bits per heavy atom. The number of benzene rings is 1. The second kappa shape index (κ2) is 5.31. The maximum absolute atomic E-state index is 12.3. The van der Waals surface area contributed by atoms with Gasteiger partial charge in [-0.05, 0) is 17.0 Å². The van der Waals surface area contributed by atoms with Crippen molar-refractivity contribution in [1.82, 2.24) is 5.32 Å². The topological polar surface area (TPSA) is 52.6 Å². The molecule has 1 fully saturated rings. The van der Waals surface area contributed by atoms with Gasteiger partial charge in [0.2, 0.25) is 5.91 Å². The molecule has 2 N–H and O–H groups in total. The molecule has 1 saturated heterocycles. The zero-order valence-electron chi connectivity index (χ0n) is 11.8. The van der Waals surface area contributed by atoms with Gasteiger partial charge in [-0.25, -0.2) is 0 Å². The molecule has 0 radical (unpaired) electrons. The summed E-state index contributed by atoms with van der Waals surface area (Å²) < 4.78 is 0. The molecule has 0 spiro atoms. The minimum absolute atomic E-state index is 0.0174. The van der Waals surface area contributed by atoms with E-state index in [4.69, 9.17) is 0 Å². The Bertz CT molecular complexity index is 465. The second-order valence-electron chi connectivity index (χ2n) is 5.95. The number of aliphatic hydroxyl groups excluding tert-OH is 1. The van der Waals surface area contributed by atoms with Crippen LogP contribution >= 0.6 is 0 Å². The Morgan fingerprint density at radius 1 is 1.37 bits per heavy atom. The summed E-state index contributed by atoms with van der Waals surface area (Å²) in [6.07, 6.45) is 0. The Kier molecular flexibility index (Phi) is 3.92. The van der Waals surface area contributed by atoms with Crippen molar-refractivity contribution in [3.63, 3.8) is 0 Å². The van der Waals surface area contributed by atoms with Gasteiger partial charge in [-0.15, -0.1) is 0 Å². The molecule has 1 unspecified atom stereocenters. The van der Waals surface area contributed by atoms with E-state index >= 15 is 0 Å². The average Bonchev–Trinajstić information content (AvgIpc) is 2.38. The van der Waals surface area contributed by atoms with Crippen LogP contribution in [0.3, 0.4) is 0 Å². The van der Waals surface area contributed by atoms with Gasteiger partial charge in [0, 0.05) is 18.8 Å². The third-order valence-corrected chi connectivity index (χ3v) is 3.48. The van der Waals surface area contributed by atoms with Gasteiger partial charge >= 0.3 is 0 Å². The van der Waals surface area contributed by atoms with Gasteiger partial charge in [0.15, 0.2) is 0 Å². The Hall–Kier alpha value is -1.39. The normalized spacial score (nSPS) is 20.7. The summed E-state index contributed by atoms with van der Waals surface area (Å²) >= 11 is 0. The first kappa shape index (κ1) is 14.0. The fourth-order valence-electron chi connectivity index (χ4n) is 2.46. The lowest BCUT2D eigenvalue weighted by Gasteiger charge is -2.35. The van der Waals surface area contributed by atoms with E-state index in [9.17, 15) is 9.90 Å². The van der Waals surface area contributed by atoms with Gasteiger partial charge in [0.25, 0.3) is 0 Å². The Balaban J connectivity index is 2.39. The fourth-order valence-corrected chi connectivity index (χ4v) is 2.46. The molecule has 19 heavy (non-hydrogen) atoms. The zero-order valence-corrected chi connectivity index (χ0v) is 11.8. The third kappa shape index (κ3) is 2.80. The van der Waals surface area contributed by atoms with Crippen molar-refractivity contribution in [3.05, 3.63) is 29.8 Å². The van der Waals surface area contributed by atoms with Crippen LogP contribution in [0, 0.1) is 0 Å². The van der Waals surface area contributed by atoms with Crippen LogP contribution in [0.25, 0.3) is 0 Å². The maximum Gasteiger partial charge on any atom is 0.246 e. The van der Waals surface area contributed by atoms with Crippen molar-refractivity contribution >= 4 is 11.6 Å². The van der Waals surface area contributed by atoms with Crippen LogP contribution in [0.15, 0.2) is 24.3 Å². The number of hydrogen-bond acceptors (Lipinski definition) is 3. The lowest BCUT2D eigenvalue weighted by molar-refractivity contribution is -0.122. The second-order valence-corrected chi connectivity index (χ2v) is 5.95. The largest absolute Gasteiger partial charge is 0.394 e. The van der Waals surface area contributed by atoms with Gasteiger partial charge in [-0.3, -0.25) is 4.79 Å². The molecule has 4 heteroatoms. The molecule has 4 nitrogen and oxygen atoms in total. The highest BCUT2D eigenvalue weighted by Crippen LogP contribution is 2.32. The van der Waals surface area contributed by atoms with E-state index in [1.165, 1.54) is 0 Å². The van der Waals surface area contributed by atoms with E-state index < -0.39 is 6.04 Å². The van der Waals surface area contributed by atoms with Crippen molar-refractivity contribution in [2.75, 3.05) is 24.6 Å². The van der Waals surface area contributed by atoms with Crippen LogP contribution in [0.5, 0.6) is 0 Å². The van der Waals surface area contributed by atoms with Crippen molar-refractivity contribution in [2.45, 2.75) is 32.2 Å². The number of nitrogens with zero attached hydrogens (tertiary/aromatic N) is 1. The van der Waals surface area contributed by atoms with E-state index in [1.54, 1.807) is 4.90 Å². The summed E-state index contributed by atoms with van der Waals surface area (Å²) in [6.45, 7) is 7.61. The smallest absolute Gasteiger partial charge is 0.246 e. The number of nitrogens with one attached hydrogen (secondary N) is 1. The van der Waals surface area contributed by atoms with Gasteiger partial charge in [0.1, 0.15) is 6.04 Å². The maximum atomic E-state index is 12.3. The zero-order chi connectivity index (χ0) is 14.0. The molecule has 1 aromatic carbocycles. The number of para-hydroxylation sites is 1. The van der Waals surface area contributed by atoms with Crippen LogP contribution in [0.4, 0.5) is 5.69 Å². The first-order valence-electron chi connectivity index (χ1n) is 6.70. The predicted molar refractivity (Wildman–Crippen MR) is 76.4 cm³/mol. The molecule has 0 bridgehead atoms. The number of anilines is 1. The molecule has 2 rings (SSSR count). The van der Waals surface area contributed by atoms with Gasteiger partial charge in [-0.2, -0.15) is 0 Å². The number of rotatable bonds is 2. The van der Waals surface area contributed by atoms with Crippen LogP contribution in [-0.4, -0.2) is 36.8 Å². The summed E-state index contributed by atoms with van der Waals surface area (Å²) in [7, 11) is 0. The molecule has 1 aliphatic rings. The summed E-state index contributed by atoms with van der Waals surface area (Å²) in [5.41, 5.74) is 2.10. The van der Waals surface area contributed by atoms with E-state index in [0.29, 0.717) is 13.1 Å². The molecule has 0 aromatic heterocycles. The summed E-state index contributed by atoms with van der Waals surface area (Å²) in [4.78, 5) is 14.1. The van der Waals surface area contributed by atoms with Crippen LogP contribution < -0.4 is 10.2 Å². The molecule has 1 aliphatic heterocycles. The van der Waals surface area contributed by atoms with Crippen LogP contribution in [-0.2, 0) is 10.2 Å². The standard InChI is InChI=1S/C15H22N2O2/c1-15(2,3)11-6-4-5-7-13(11)17-9-8-16-12(10-18)14(17)19/h4-7,12,16,18H,8-10H2,1-3H3. The molecule has 104 valence electrons. The van der Waals surface area contributed by atoms with E-state index in [2.05, 4.69) is 32.2 Å². The van der Waals surface area contributed by atoms with Crippen molar-refractivity contribution in [2.24, 2.45) is 0 Å². The fraction of sp³-hybridized carbons (Fsp3) is 0.533. The minimum atomic E-state index is -0.484. The first-order chi connectivity index (χ1) is 8.95. The number of carbonyl (C=O) groups is 1. The molecule has 1 amide bonds. The molecular weight excluding hydrogens is 240 g/mol. The monoisotopic (exact) mass is 262 g/mol. The number of piperazine rings is 1. The summed E-state index contributed by atoms with van der Waals surface area (Å²) in [5.74, 6) is -0.0505. The van der Waals surface area contributed by atoms with E-state index in [0.717, 1.165) is 11.3 Å². The number of aliphatic hydroxyl groups is 1. The van der Waals surface area contributed by atoms with Crippen molar-refractivity contribution in [1.29, 1.82) is 0 Å². The first-order valence-corrected chi connectivity index (χ1v) is 6.70. The van der Waals surface area contributed by atoms with Gasteiger partial charge in [0.05, 0.1) is 6.61 Å². The molecular formula is C15H22N2O2. The number of amides is 1. The van der Waals surface area contributed by atoms with Crippen molar-refractivity contribution < 1.29 is 9.90 Å². The van der Waals surface area contributed by atoms with Gasteiger partial charge < -0.3 is 15.3 Å². The highest BCUT2D eigenvalue weighted by Gasteiger charge is 2.31. The predicted octanol–water partition coefficient (Wildman–Crippen LogP) is 1.28. The molecule has 1 atom stereocenters. The SMILES string of the molecule is CC(C)(C)c1ccccc1N1CCNC(CO)C1=O.